The van der Waals surface area contributed by atoms with Gasteiger partial charge in [0.25, 0.3) is 5.91 Å². The molecule has 2 aromatic carbocycles. The third-order valence-electron chi connectivity index (χ3n) is 4.14. The van der Waals surface area contributed by atoms with E-state index in [0.717, 1.165) is 12.2 Å². The minimum Gasteiger partial charge on any atom is -0.457 e. The molecule has 140 valence electrons. The molecule has 0 unspecified atom stereocenters. The van der Waals surface area contributed by atoms with Crippen molar-refractivity contribution in [1.29, 1.82) is 0 Å². The second-order valence-corrected chi connectivity index (χ2v) is 7.99. The van der Waals surface area contributed by atoms with Crippen molar-refractivity contribution in [3.8, 4) is 11.5 Å². The lowest BCUT2D eigenvalue weighted by molar-refractivity contribution is 0.0827. The van der Waals surface area contributed by atoms with Gasteiger partial charge < -0.3 is 14.5 Å². The topological polar surface area (TPSA) is 85.3 Å². The lowest BCUT2D eigenvalue weighted by atomic mass is 10.2. The van der Waals surface area contributed by atoms with Crippen LogP contribution in [0.5, 0.6) is 11.5 Å². The first-order chi connectivity index (χ1) is 12.3. The molecule has 2 aromatic rings. The summed E-state index contributed by atoms with van der Waals surface area (Å²) in [5.74, 6) is 0.862. The van der Waals surface area contributed by atoms with Gasteiger partial charge in [0.05, 0.1) is 12.4 Å². The van der Waals surface area contributed by atoms with Crippen molar-refractivity contribution in [3.05, 3.63) is 48.0 Å². The standard InChI is InChI=1S/C18H23N3O4S/c1-4-21-12-19-26(23,24)17-11-15(8-9-16(17)21)25-14-7-5-6-13(10-14)18(22)20(2)3/h5-11,19,23-24H,4,12H2,1-3H3. The number of nitrogens with one attached hydrogen (secondary N) is 1. The molecule has 0 fully saturated rings. The first kappa shape index (κ1) is 18.5. The van der Waals surface area contributed by atoms with Crippen LogP contribution in [0.4, 0.5) is 5.69 Å². The summed E-state index contributed by atoms with van der Waals surface area (Å²) in [6.45, 7) is 3.12. The zero-order valence-corrected chi connectivity index (χ0v) is 15.8. The molecular formula is C18H23N3O4S. The summed E-state index contributed by atoms with van der Waals surface area (Å²) in [4.78, 5) is 16.0. The fourth-order valence-electron chi connectivity index (χ4n) is 2.75. The number of hydrogen-bond acceptors (Lipinski definition) is 6. The quantitative estimate of drug-likeness (QED) is 0.755. The predicted molar refractivity (Wildman–Crippen MR) is 103 cm³/mol. The molecule has 8 heteroatoms. The van der Waals surface area contributed by atoms with Crippen LogP contribution in [0, 0.1) is 0 Å². The molecule has 1 aliphatic rings. The van der Waals surface area contributed by atoms with E-state index in [1.807, 2.05) is 17.9 Å². The molecular weight excluding hydrogens is 354 g/mol. The van der Waals surface area contributed by atoms with Gasteiger partial charge >= 0.3 is 0 Å². The summed E-state index contributed by atoms with van der Waals surface area (Å²) < 4.78 is 29.2. The molecule has 0 saturated carbocycles. The largest absolute Gasteiger partial charge is 0.457 e. The SMILES string of the molecule is CCN1CNS(O)(O)c2cc(Oc3cccc(C(=O)N(C)C)c3)ccc21. The number of anilines is 1. The number of nitrogens with zero attached hydrogens (tertiary/aromatic N) is 2. The van der Waals surface area contributed by atoms with Crippen molar-refractivity contribution in [1.82, 2.24) is 9.62 Å². The van der Waals surface area contributed by atoms with Crippen LogP contribution in [-0.2, 0) is 0 Å². The number of amides is 1. The average Bonchev–Trinajstić information content (AvgIpc) is 2.62. The highest BCUT2D eigenvalue weighted by Crippen LogP contribution is 2.52. The van der Waals surface area contributed by atoms with Crippen LogP contribution in [0.15, 0.2) is 47.4 Å². The predicted octanol–water partition coefficient (Wildman–Crippen LogP) is 3.59. The Morgan fingerprint density at radius 3 is 2.65 bits per heavy atom. The van der Waals surface area contributed by atoms with Crippen molar-refractivity contribution >= 4 is 22.4 Å². The number of ether oxygens (including phenoxy) is 1. The Morgan fingerprint density at radius 1 is 1.23 bits per heavy atom. The minimum absolute atomic E-state index is 0.113. The van der Waals surface area contributed by atoms with Crippen molar-refractivity contribution in [2.45, 2.75) is 11.8 Å². The third kappa shape index (κ3) is 3.63. The van der Waals surface area contributed by atoms with Crippen molar-refractivity contribution in [2.75, 3.05) is 32.2 Å². The number of carbonyl (C=O) groups is 1. The van der Waals surface area contributed by atoms with E-state index in [1.165, 1.54) is 4.90 Å². The first-order valence-electron chi connectivity index (χ1n) is 8.23. The van der Waals surface area contributed by atoms with Crippen LogP contribution >= 0.6 is 10.8 Å². The number of benzene rings is 2. The second-order valence-electron chi connectivity index (χ2n) is 6.17. The Bertz CT molecular complexity index is 826. The van der Waals surface area contributed by atoms with Crippen molar-refractivity contribution in [3.63, 3.8) is 0 Å². The maximum absolute atomic E-state index is 12.1. The first-order valence-corrected chi connectivity index (χ1v) is 9.78. The maximum Gasteiger partial charge on any atom is 0.253 e. The highest BCUT2D eigenvalue weighted by molar-refractivity contribution is 8.22. The summed E-state index contributed by atoms with van der Waals surface area (Å²) in [7, 11) is 0.317. The molecule has 0 atom stereocenters. The lowest BCUT2D eigenvalue weighted by Gasteiger charge is -2.43. The summed E-state index contributed by atoms with van der Waals surface area (Å²) in [5.41, 5.74) is 1.30. The molecule has 7 nitrogen and oxygen atoms in total. The van der Waals surface area contributed by atoms with E-state index in [4.69, 9.17) is 4.74 Å². The van der Waals surface area contributed by atoms with E-state index in [1.54, 1.807) is 50.5 Å². The van der Waals surface area contributed by atoms with Crippen molar-refractivity contribution in [2.24, 2.45) is 0 Å². The van der Waals surface area contributed by atoms with E-state index < -0.39 is 10.8 Å². The van der Waals surface area contributed by atoms with Gasteiger partial charge in [-0.2, -0.15) is 4.72 Å². The molecule has 1 heterocycles. The Balaban J connectivity index is 1.90. The van der Waals surface area contributed by atoms with Crippen LogP contribution in [-0.4, -0.2) is 47.2 Å². The normalized spacial score (nSPS) is 16.6. The molecule has 0 aromatic heterocycles. The molecule has 1 amide bonds. The zero-order chi connectivity index (χ0) is 18.9. The zero-order valence-electron chi connectivity index (χ0n) is 15.0. The Morgan fingerprint density at radius 2 is 1.96 bits per heavy atom. The molecule has 0 radical (unpaired) electrons. The van der Waals surface area contributed by atoms with Gasteiger partial charge in [-0.15, -0.1) is 10.8 Å². The van der Waals surface area contributed by atoms with Gasteiger partial charge in [-0.3, -0.25) is 13.9 Å². The van der Waals surface area contributed by atoms with Crippen LogP contribution < -0.4 is 14.4 Å². The molecule has 3 N–H and O–H groups in total. The molecule has 26 heavy (non-hydrogen) atoms. The van der Waals surface area contributed by atoms with Crippen molar-refractivity contribution < 1.29 is 18.6 Å². The summed E-state index contributed by atoms with van der Waals surface area (Å²) in [6.07, 6.45) is 0. The van der Waals surface area contributed by atoms with E-state index in [2.05, 4.69) is 4.72 Å². The van der Waals surface area contributed by atoms with Gasteiger partial charge in [-0.25, -0.2) is 0 Å². The van der Waals surface area contributed by atoms with Crippen LogP contribution in [0.25, 0.3) is 0 Å². The molecule has 0 bridgehead atoms. The minimum atomic E-state index is -3.07. The fraction of sp³-hybridized carbons (Fsp3) is 0.278. The lowest BCUT2D eigenvalue weighted by Crippen LogP contribution is -2.40. The average molecular weight is 377 g/mol. The Hall–Kier alpha value is -2.26. The van der Waals surface area contributed by atoms with E-state index >= 15 is 0 Å². The smallest absolute Gasteiger partial charge is 0.253 e. The molecule has 0 saturated heterocycles. The van der Waals surface area contributed by atoms with Gasteiger partial charge in [-0.1, -0.05) is 6.07 Å². The van der Waals surface area contributed by atoms with Crippen LogP contribution in [0.3, 0.4) is 0 Å². The number of fused-ring (bicyclic) bond motifs is 1. The Kier molecular flexibility index (Phi) is 5.10. The summed E-state index contributed by atoms with van der Waals surface area (Å²) >= 11 is 0. The third-order valence-corrected chi connectivity index (χ3v) is 5.61. The van der Waals surface area contributed by atoms with Gasteiger partial charge in [0.1, 0.15) is 16.4 Å². The summed E-state index contributed by atoms with van der Waals surface area (Å²) in [5, 5.41) is 0. The fourth-order valence-corrected chi connectivity index (χ4v) is 4.01. The highest BCUT2D eigenvalue weighted by atomic mass is 32.3. The molecule has 3 rings (SSSR count). The number of rotatable bonds is 4. The van der Waals surface area contributed by atoms with E-state index in [0.29, 0.717) is 28.6 Å². The second kappa shape index (κ2) is 7.16. The Labute approximate surface area is 154 Å². The van der Waals surface area contributed by atoms with Gasteiger partial charge in [0.2, 0.25) is 0 Å². The van der Waals surface area contributed by atoms with Gasteiger partial charge in [0, 0.05) is 32.3 Å². The molecule has 0 aliphatic carbocycles. The van der Waals surface area contributed by atoms with E-state index in [9.17, 15) is 13.9 Å². The summed E-state index contributed by atoms with van der Waals surface area (Å²) in [6, 6.07) is 12.1. The van der Waals surface area contributed by atoms with E-state index in [-0.39, 0.29) is 5.91 Å². The van der Waals surface area contributed by atoms with Crippen LogP contribution in [0.1, 0.15) is 17.3 Å². The maximum atomic E-state index is 12.1. The van der Waals surface area contributed by atoms with Gasteiger partial charge in [0.15, 0.2) is 0 Å². The number of hydrogen-bond donors (Lipinski definition) is 3. The van der Waals surface area contributed by atoms with Gasteiger partial charge in [-0.05, 0) is 37.3 Å². The monoisotopic (exact) mass is 377 g/mol. The van der Waals surface area contributed by atoms with Crippen LogP contribution in [0.2, 0.25) is 0 Å². The number of carbonyl (C=O) groups excluding carboxylic acids is 1. The molecule has 1 aliphatic heterocycles. The highest BCUT2D eigenvalue weighted by Gasteiger charge is 2.28. The molecule has 0 spiro atoms.